The van der Waals surface area contributed by atoms with E-state index in [1.807, 2.05) is 30.5 Å². The molecule has 1 aromatic carbocycles. The highest BCUT2D eigenvalue weighted by atomic mass is 32.1. The van der Waals surface area contributed by atoms with E-state index in [1.165, 1.54) is 11.3 Å². The van der Waals surface area contributed by atoms with Crippen LogP contribution in [-0.2, 0) is 17.8 Å². The van der Waals surface area contributed by atoms with Crippen LogP contribution in [-0.4, -0.2) is 25.8 Å². The normalized spacial score (nSPS) is 11.0. The molecule has 25 heavy (non-hydrogen) atoms. The van der Waals surface area contributed by atoms with Gasteiger partial charge in [0, 0.05) is 17.3 Å². The van der Waals surface area contributed by atoms with E-state index >= 15 is 0 Å². The number of hydrogen-bond donors (Lipinski definition) is 2. The van der Waals surface area contributed by atoms with Gasteiger partial charge in [0.1, 0.15) is 0 Å². The lowest BCUT2D eigenvalue weighted by molar-refractivity contribution is -0.115. The standard InChI is InChI=1S/C18H20N4O2S/c1-12(2)16-9-19-18(25-16)21-17(24)7-14-8-20-22(10-14)15-5-3-4-13(6-15)11-23/h3-6,8-10,12,23H,7,11H2,1-2H3,(H,19,21,24). The zero-order chi connectivity index (χ0) is 17.8. The van der Waals surface area contributed by atoms with Crippen molar-refractivity contribution >= 4 is 22.4 Å². The third-order valence-corrected chi connectivity index (χ3v) is 4.91. The van der Waals surface area contributed by atoms with E-state index in [9.17, 15) is 9.90 Å². The van der Waals surface area contributed by atoms with Gasteiger partial charge in [0.05, 0.1) is 24.9 Å². The van der Waals surface area contributed by atoms with Crippen molar-refractivity contribution in [2.24, 2.45) is 0 Å². The van der Waals surface area contributed by atoms with Crippen LogP contribution in [0.25, 0.3) is 5.69 Å². The molecule has 2 aromatic heterocycles. The van der Waals surface area contributed by atoms with E-state index in [-0.39, 0.29) is 18.9 Å². The molecule has 0 spiro atoms. The number of anilines is 1. The van der Waals surface area contributed by atoms with Gasteiger partial charge in [-0.2, -0.15) is 5.10 Å². The number of benzene rings is 1. The Morgan fingerprint density at radius 3 is 2.88 bits per heavy atom. The second-order valence-corrected chi connectivity index (χ2v) is 7.13. The van der Waals surface area contributed by atoms with Crippen LogP contribution < -0.4 is 5.32 Å². The van der Waals surface area contributed by atoms with Crippen molar-refractivity contribution in [3.05, 3.63) is 58.9 Å². The largest absolute Gasteiger partial charge is 0.392 e. The SMILES string of the molecule is CC(C)c1cnc(NC(=O)Cc2cnn(-c3cccc(CO)c3)c2)s1. The van der Waals surface area contributed by atoms with E-state index < -0.39 is 0 Å². The maximum atomic E-state index is 12.2. The molecule has 0 radical (unpaired) electrons. The summed E-state index contributed by atoms with van der Waals surface area (Å²) >= 11 is 1.50. The Morgan fingerprint density at radius 2 is 2.16 bits per heavy atom. The van der Waals surface area contributed by atoms with Gasteiger partial charge in [0.2, 0.25) is 5.91 Å². The molecule has 3 rings (SSSR count). The molecule has 0 fully saturated rings. The molecule has 130 valence electrons. The van der Waals surface area contributed by atoms with Crippen LogP contribution in [0.3, 0.4) is 0 Å². The number of aromatic nitrogens is 3. The zero-order valence-corrected chi connectivity index (χ0v) is 15.0. The Balaban J connectivity index is 1.65. The molecule has 1 amide bonds. The molecule has 0 atom stereocenters. The smallest absolute Gasteiger partial charge is 0.230 e. The van der Waals surface area contributed by atoms with Gasteiger partial charge in [0.25, 0.3) is 0 Å². The second-order valence-electron chi connectivity index (χ2n) is 6.07. The lowest BCUT2D eigenvalue weighted by atomic mass is 10.2. The van der Waals surface area contributed by atoms with Crippen molar-refractivity contribution in [1.29, 1.82) is 0 Å². The zero-order valence-electron chi connectivity index (χ0n) is 14.1. The molecular weight excluding hydrogens is 336 g/mol. The molecule has 2 N–H and O–H groups in total. The Labute approximate surface area is 150 Å². The fourth-order valence-corrected chi connectivity index (χ4v) is 3.18. The monoisotopic (exact) mass is 356 g/mol. The van der Waals surface area contributed by atoms with Crippen molar-refractivity contribution in [3.8, 4) is 5.69 Å². The average Bonchev–Trinajstić information content (AvgIpc) is 3.24. The van der Waals surface area contributed by atoms with E-state index in [0.717, 1.165) is 21.7 Å². The molecule has 7 heteroatoms. The minimum atomic E-state index is -0.117. The first-order valence-electron chi connectivity index (χ1n) is 8.04. The third kappa shape index (κ3) is 4.32. The lowest BCUT2D eigenvalue weighted by Crippen LogP contribution is -2.13. The van der Waals surface area contributed by atoms with Gasteiger partial charge in [-0.1, -0.05) is 26.0 Å². The summed E-state index contributed by atoms with van der Waals surface area (Å²) in [5.74, 6) is 0.282. The van der Waals surface area contributed by atoms with Crippen molar-refractivity contribution < 1.29 is 9.90 Å². The predicted octanol–water partition coefficient (Wildman–Crippen LogP) is 3.13. The van der Waals surface area contributed by atoms with E-state index in [2.05, 4.69) is 29.2 Å². The number of nitrogens with one attached hydrogen (secondary N) is 1. The number of aliphatic hydroxyl groups excluding tert-OH is 1. The van der Waals surface area contributed by atoms with Gasteiger partial charge in [-0.3, -0.25) is 4.79 Å². The van der Waals surface area contributed by atoms with Gasteiger partial charge >= 0.3 is 0 Å². The van der Waals surface area contributed by atoms with Gasteiger partial charge in [-0.15, -0.1) is 11.3 Å². The van der Waals surface area contributed by atoms with Gasteiger partial charge in [-0.25, -0.2) is 9.67 Å². The van der Waals surface area contributed by atoms with Crippen LogP contribution in [0.2, 0.25) is 0 Å². The maximum Gasteiger partial charge on any atom is 0.230 e. The molecule has 0 aliphatic heterocycles. The highest BCUT2D eigenvalue weighted by molar-refractivity contribution is 7.15. The molecule has 6 nitrogen and oxygen atoms in total. The van der Waals surface area contributed by atoms with Crippen molar-refractivity contribution in [2.75, 3.05) is 5.32 Å². The van der Waals surface area contributed by atoms with E-state index in [4.69, 9.17) is 0 Å². The maximum absolute atomic E-state index is 12.2. The van der Waals surface area contributed by atoms with Gasteiger partial charge in [0.15, 0.2) is 5.13 Å². The summed E-state index contributed by atoms with van der Waals surface area (Å²) in [4.78, 5) is 17.6. The Hall–Kier alpha value is -2.51. The predicted molar refractivity (Wildman–Crippen MR) is 98.0 cm³/mol. The summed E-state index contributed by atoms with van der Waals surface area (Å²) in [5, 5.41) is 17.0. The minimum absolute atomic E-state index is 0.0173. The number of rotatable bonds is 6. The first-order chi connectivity index (χ1) is 12.0. The van der Waals surface area contributed by atoms with Gasteiger partial charge in [-0.05, 0) is 29.2 Å². The minimum Gasteiger partial charge on any atom is -0.392 e. The first kappa shape index (κ1) is 17.3. The van der Waals surface area contributed by atoms with Gasteiger partial charge < -0.3 is 10.4 Å². The van der Waals surface area contributed by atoms with Crippen LogP contribution in [0.5, 0.6) is 0 Å². The summed E-state index contributed by atoms with van der Waals surface area (Å²) < 4.78 is 1.70. The molecule has 0 aliphatic carbocycles. The number of nitrogens with zero attached hydrogens (tertiary/aromatic N) is 3. The fourth-order valence-electron chi connectivity index (χ4n) is 2.35. The van der Waals surface area contributed by atoms with Crippen molar-refractivity contribution in [2.45, 2.75) is 32.8 Å². The Bertz CT molecular complexity index is 869. The quantitative estimate of drug-likeness (QED) is 0.711. The Kier molecular flexibility index (Phi) is 5.25. The number of hydrogen-bond acceptors (Lipinski definition) is 5. The number of amides is 1. The van der Waals surface area contributed by atoms with Crippen molar-refractivity contribution in [1.82, 2.24) is 14.8 Å². The number of carbonyl (C=O) groups is 1. The highest BCUT2D eigenvalue weighted by Crippen LogP contribution is 2.25. The molecule has 3 aromatic rings. The summed E-state index contributed by atoms with van der Waals surface area (Å²) in [6.07, 6.45) is 5.53. The number of thiazole rings is 1. The summed E-state index contributed by atoms with van der Waals surface area (Å²) in [5.41, 5.74) is 2.48. The lowest BCUT2D eigenvalue weighted by Gasteiger charge is -2.03. The highest BCUT2D eigenvalue weighted by Gasteiger charge is 2.11. The second kappa shape index (κ2) is 7.58. The van der Waals surface area contributed by atoms with E-state index in [1.54, 1.807) is 17.1 Å². The van der Waals surface area contributed by atoms with Crippen molar-refractivity contribution in [3.63, 3.8) is 0 Å². The molecule has 2 heterocycles. The fraction of sp³-hybridized carbons (Fsp3) is 0.278. The average molecular weight is 356 g/mol. The molecule has 0 saturated heterocycles. The van der Waals surface area contributed by atoms with Crippen LogP contribution in [0, 0.1) is 0 Å². The number of carbonyl (C=O) groups excluding carboxylic acids is 1. The molecule has 0 bridgehead atoms. The first-order valence-corrected chi connectivity index (χ1v) is 8.86. The summed E-state index contributed by atoms with van der Waals surface area (Å²) in [6, 6.07) is 7.48. The van der Waals surface area contributed by atoms with Crippen LogP contribution >= 0.6 is 11.3 Å². The molecular formula is C18H20N4O2S. The van der Waals surface area contributed by atoms with E-state index in [0.29, 0.717) is 11.0 Å². The van der Waals surface area contributed by atoms with Crippen LogP contribution in [0.1, 0.15) is 35.8 Å². The Morgan fingerprint density at radius 1 is 1.32 bits per heavy atom. The number of aliphatic hydroxyl groups is 1. The molecule has 0 aliphatic rings. The molecule has 0 unspecified atom stereocenters. The topological polar surface area (TPSA) is 80.0 Å². The summed E-state index contributed by atoms with van der Waals surface area (Å²) in [6.45, 7) is 4.18. The summed E-state index contributed by atoms with van der Waals surface area (Å²) in [7, 11) is 0. The van der Waals surface area contributed by atoms with Crippen LogP contribution in [0.15, 0.2) is 42.9 Å². The molecule has 0 saturated carbocycles. The van der Waals surface area contributed by atoms with Crippen LogP contribution in [0.4, 0.5) is 5.13 Å². The third-order valence-electron chi connectivity index (χ3n) is 3.70.